The monoisotopic (exact) mass is 298 g/mol. The van der Waals surface area contributed by atoms with Crippen molar-refractivity contribution in [2.75, 3.05) is 19.6 Å². The minimum absolute atomic E-state index is 0.194. The predicted molar refractivity (Wildman–Crippen MR) is 61.8 cm³/mol. The number of likely N-dealkylation sites (tertiary alicyclic amines) is 1. The fourth-order valence-electron chi connectivity index (χ4n) is 1.58. The van der Waals surface area contributed by atoms with Gasteiger partial charge in [0.25, 0.3) is 0 Å². The van der Waals surface area contributed by atoms with Gasteiger partial charge >= 0.3 is 18.2 Å². The van der Waals surface area contributed by atoms with Crippen molar-refractivity contribution in [3.05, 3.63) is 0 Å². The summed E-state index contributed by atoms with van der Waals surface area (Å²) >= 11 is 0. The molecule has 0 saturated carbocycles. The summed E-state index contributed by atoms with van der Waals surface area (Å²) in [6.07, 6.45) is -5.66. The Labute approximate surface area is 113 Å². The van der Waals surface area contributed by atoms with Crippen LogP contribution in [0.1, 0.15) is 20.8 Å². The lowest BCUT2D eigenvalue weighted by molar-refractivity contribution is -0.176. The second-order valence-electron chi connectivity index (χ2n) is 5.74. The normalized spacial score (nSPS) is 18.2. The Kier molecular flexibility index (Phi) is 4.23. The standard InChI is InChI=1S/C11H17F3N2O4/c1-9(2,3)20-8(18)16-5-10(19,6-16)4-15-7(17)11(12,13)14/h19H,4-6H2,1-3H3,(H,15,17). The number of β-amino-alcohol motifs (C(OH)–C–C–N with tert-alkyl or cyclic N) is 1. The van der Waals surface area contributed by atoms with Gasteiger partial charge in [-0.3, -0.25) is 4.79 Å². The lowest BCUT2D eigenvalue weighted by Gasteiger charge is -2.46. The molecule has 9 heteroatoms. The van der Waals surface area contributed by atoms with E-state index >= 15 is 0 Å². The van der Waals surface area contributed by atoms with E-state index in [0.717, 1.165) is 4.90 Å². The van der Waals surface area contributed by atoms with E-state index in [1.807, 2.05) is 0 Å². The molecule has 6 nitrogen and oxygen atoms in total. The number of alkyl halides is 3. The highest BCUT2D eigenvalue weighted by Crippen LogP contribution is 2.23. The van der Waals surface area contributed by atoms with Crippen molar-refractivity contribution in [3.63, 3.8) is 0 Å². The fourth-order valence-corrected chi connectivity index (χ4v) is 1.58. The molecule has 1 aliphatic heterocycles. The molecule has 0 aliphatic carbocycles. The van der Waals surface area contributed by atoms with Gasteiger partial charge in [-0.15, -0.1) is 0 Å². The maximum atomic E-state index is 12.0. The van der Waals surface area contributed by atoms with Gasteiger partial charge in [0, 0.05) is 0 Å². The van der Waals surface area contributed by atoms with Crippen LogP contribution in [0.4, 0.5) is 18.0 Å². The predicted octanol–water partition coefficient (Wildman–Crippen LogP) is 0.647. The molecule has 0 spiro atoms. The highest BCUT2D eigenvalue weighted by atomic mass is 19.4. The van der Waals surface area contributed by atoms with E-state index in [9.17, 15) is 27.9 Å². The molecule has 1 heterocycles. The van der Waals surface area contributed by atoms with E-state index in [2.05, 4.69) is 0 Å². The first-order valence-corrected chi connectivity index (χ1v) is 5.88. The summed E-state index contributed by atoms with van der Waals surface area (Å²) < 4.78 is 40.9. The third-order valence-electron chi connectivity index (χ3n) is 2.46. The summed E-state index contributed by atoms with van der Waals surface area (Å²) in [4.78, 5) is 23.3. The molecule has 1 rings (SSSR count). The van der Waals surface area contributed by atoms with Gasteiger partial charge in [0.1, 0.15) is 11.2 Å². The first kappa shape index (κ1) is 16.5. The Morgan fingerprint density at radius 1 is 1.30 bits per heavy atom. The molecule has 1 aliphatic rings. The number of carbonyl (C=O) groups excluding carboxylic acids is 2. The van der Waals surface area contributed by atoms with E-state index in [-0.39, 0.29) is 13.1 Å². The van der Waals surface area contributed by atoms with Gasteiger partial charge < -0.3 is 20.1 Å². The zero-order valence-electron chi connectivity index (χ0n) is 11.4. The van der Waals surface area contributed by atoms with Crippen molar-refractivity contribution in [1.82, 2.24) is 10.2 Å². The van der Waals surface area contributed by atoms with E-state index < -0.39 is 35.9 Å². The molecule has 0 radical (unpaired) electrons. The molecule has 1 fully saturated rings. The number of aliphatic hydroxyl groups is 1. The minimum atomic E-state index is -5.00. The molecule has 0 aromatic carbocycles. The Morgan fingerprint density at radius 3 is 2.20 bits per heavy atom. The molecule has 2 amide bonds. The van der Waals surface area contributed by atoms with Crippen molar-refractivity contribution in [2.24, 2.45) is 0 Å². The van der Waals surface area contributed by atoms with Crippen LogP contribution in [0.15, 0.2) is 0 Å². The molecule has 0 bridgehead atoms. The number of nitrogens with one attached hydrogen (secondary N) is 1. The van der Waals surface area contributed by atoms with Crippen molar-refractivity contribution in [3.8, 4) is 0 Å². The molecule has 0 aromatic heterocycles. The van der Waals surface area contributed by atoms with Gasteiger partial charge in [-0.1, -0.05) is 0 Å². The SMILES string of the molecule is CC(C)(C)OC(=O)N1CC(O)(CNC(=O)C(F)(F)F)C1. The quantitative estimate of drug-likeness (QED) is 0.784. The highest BCUT2D eigenvalue weighted by Gasteiger charge is 2.47. The maximum absolute atomic E-state index is 12.0. The van der Waals surface area contributed by atoms with Crippen molar-refractivity contribution >= 4 is 12.0 Å². The van der Waals surface area contributed by atoms with Crippen LogP contribution in [0.2, 0.25) is 0 Å². The average Bonchev–Trinajstić information content (AvgIpc) is 2.17. The molecule has 1 saturated heterocycles. The van der Waals surface area contributed by atoms with Crippen LogP contribution in [0, 0.1) is 0 Å². The number of hydrogen-bond acceptors (Lipinski definition) is 4. The van der Waals surface area contributed by atoms with Crippen molar-refractivity contribution < 1.29 is 32.6 Å². The molecule has 0 aromatic rings. The smallest absolute Gasteiger partial charge is 0.444 e. The first-order valence-electron chi connectivity index (χ1n) is 5.88. The molecule has 0 atom stereocenters. The second-order valence-corrected chi connectivity index (χ2v) is 5.74. The minimum Gasteiger partial charge on any atom is -0.444 e. The number of ether oxygens (including phenoxy) is 1. The third-order valence-corrected chi connectivity index (χ3v) is 2.46. The van der Waals surface area contributed by atoms with Crippen LogP contribution < -0.4 is 5.32 Å². The number of hydrogen-bond donors (Lipinski definition) is 2. The number of nitrogens with zero attached hydrogens (tertiary/aromatic N) is 1. The lowest BCUT2D eigenvalue weighted by Crippen LogP contribution is -2.68. The van der Waals surface area contributed by atoms with Crippen LogP contribution in [-0.4, -0.2) is 59.0 Å². The van der Waals surface area contributed by atoms with Crippen LogP contribution in [0.25, 0.3) is 0 Å². The number of rotatable bonds is 2. The van der Waals surface area contributed by atoms with Crippen LogP contribution in [0.3, 0.4) is 0 Å². The summed E-state index contributed by atoms with van der Waals surface area (Å²) in [5, 5.41) is 11.4. The summed E-state index contributed by atoms with van der Waals surface area (Å²) in [5.41, 5.74) is -2.26. The molecular weight excluding hydrogens is 281 g/mol. The Morgan fingerprint density at radius 2 is 1.80 bits per heavy atom. The van der Waals surface area contributed by atoms with E-state index in [4.69, 9.17) is 4.74 Å². The second kappa shape index (κ2) is 5.12. The van der Waals surface area contributed by atoms with E-state index in [0.29, 0.717) is 0 Å². The van der Waals surface area contributed by atoms with Gasteiger partial charge in [-0.2, -0.15) is 13.2 Å². The van der Waals surface area contributed by atoms with Crippen LogP contribution >= 0.6 is 0 Å². The molecule has 116 valence electrons. The topological polar surface area (TPSA) is 78.9 Å². The Hall–Kier alpha value is -1.51. The number of carbonyl (C=O) groups is 2. The maximum Gasteiger partial charge on any atom is 0.471 e. The zero-order valence-corrected chi connectivity index (χ0v) is 11.4. The highest BCUT2D eigenvalue weighted by molar-refractivity contribution is 5.81. The van der Waals surface area contributed by atoms with Gasteiger partial charge in [-0.25, -0.2) is 4.79 Å². The Balaban J connectivity index is 2.39. The van der Waals surface area contributed by atoms with Gasteiger partial charge in [0.2, 0.25) is 0 Å². The Bertz CT molecular complexity index is 397. The lowest BCUT2D eigenvalue weighted by atomic mass is 9.94. The third kappa shape index (κ3) is 4.55. The van der Waals surface area contributed by atoms with Crippen molar-refractivity contribution in [1.29, 1.82) is 0 Å². The molecule has 0 unspecified atom stereocenters. The molecular formula is C11H17F3N2O4. The summed E-state index contributed by atoms with van der Waals surface area (Å²) in [6, 6.07) is 0. The number of halogens is 3. The van der Waals surface area contributed by atoms with E-state index in [1.165, 1.54) is 0 Å². The summed E-state index contributed by atoms with van der Waals surface area (Å²) in [5.74, 6) is -2.12. The number of amides is 2. The van der Waals surface area contributed by atoms with Crippen LogP contribution in [-0.2, 0) is 9.53 Å². The van der Waals surface area contributed by atoms with Crippen LogP contribution in [0.5, 0.6) is 0 Å². The van der Waals surface area contributed by atoms with Crippen molar-refractivity contribution in [2.45, 2.75) is 38.1 Å². The van der Waals surface area contributed by atoms with E-state index in [1.54, 1.807) is 26.1 Å². The van der Waals surface area contributed by atoms with Gasteiger partial charge in [-0.05, 0) is 20.8 Å². The summed E-state index contributed by atoms with van der Waals surface area (Å²) in [6.45, 7) is 4.03. The van der Waals surface area contributed by atoms with Gasteiger partial charge in [0.05, 0.1) is 19.6 Å². The first-order chi connectivity index (χ1) is 8.82. The zero-order chi connectivity index (χ0) is 15.8. The average molecular weight is 298 g/mol. The molecule has 2 N–H and O–H groups in total. The fraction of sp³-hybridized carbons (Fsp3) is 0.818. The summed E-state index contributed by atoms with van der Waals surface area (Å²) in [7, 11) is 0. The van der Waals surface area contributed by atoms with Gasteiger partial charge in [0.15, 0.2) is 0 Å². The largest absolute Gasteiger partial charge is 0.471 e. The molecule has 20 heavy (non-hydrogen) atoms.